The van der Waals surface area contributed by atoms with Gasteiger partial charge in [-0.15, -0.1) is 0 Å². The summed E-state index contributed by atoms with van der Waals surface area (Å²) in [4.78, 5) is 13.7. The van der Waals surface area contributed by atoms with Crippen LogP contribution in [0.15, 0.2) is 24.3 Å². The third-order valence-electron chi connectivity index (χ3n) is 3.85. The first kappa shape index (κ1) is 16.7. The molecule has 0 aromatic heterocycles. The lowest BCUT2D eigenvalue weighted by Crippen LogP contribution is -2.50. The largest absolute Gasteiger partial charge is 0.444 e. The molecule has 1 heterocycles. The molecule has 0 radical (unpaired) electrons. The number of carbonyl (C=O) groups is 1. The maximum atomic E-state index is 13.0. The van der Waals surface area contributed by atoms with Crippen LogP contribution in [0, 0.1) is 11.7 Å². The Labute approximate surface area is 130 Å². The van der Waals surface area contributed by atoms with Crippen LogP contribution in [-0.4, -0.2) is 40.9 Å². The van der Waals surface area contributed by atoms with Crippen LogP contribution in [0.5, 0.6) is 0 Å². The van der Waals surface area contributed by atoms with Crippen molar-refractivity contribution in [3.63, 3.8) is 0 Å². The molecule has 3 unspecified atom stereocenters. The maximum Gasteiger partial charge on any atom is 0.410 e. The van der Waals surface area contributed by atoms with E-state index in [2.05, 4.69) is 0 Å². The summed E-state index contributed by atoms with van der Waals surface area (Å²) >= 11 is 0. The van der Waals surface area contributed by atoms with Crippen molar-refractivity contribution in [3.8, 4) is 0 Å². The number of nitrogens with zero attached hydrogens (tertiary/aromatic N) is 1. The standard InChI is InChI=1S/C17H24FNO3/c1-11-9-19(16(21)22-17(2,3)4)10-14(20)15(11)12-5-7-13(18)8-6-12/h5-8,11,14-15,20H,9-10H2,1-4H3. The number of aliphatic hydroxyl groups excluding tert-OH is 1. The molecule has 122 valence electrons. The van der Waals surface area contributed by atoms with Gasteiger partial charge in [-0.1, -0.05) is 19.1 Å². The Balaban J connectivity index is 2.09. The number of benzene rings is 1. The highest BCUT2D eigenvalue weighted by Gasteiger charge is 2.37. The summed E-state index contributed by atoms with van der Waals surface area (Å²) in [5, 5.41) is 10.4. The number of amides is 1. The molecule has 22 heavy (non-hydrogen) atoms. The maximum absolute atomic E-state index is 13.0. The number of rotatable bonds is 1. The number of likely N-dealkylation sites (tertiary alicyclic amines) is 1. The topological polar surface area (TPSA) is 49.8 Å². The zero-order chi connectivity index (χ0) is 16.5. The minimum atomic E-state index is -0.693. The van der Waals surface area contributed by atoms with Crippen molar-refractivity contribution < 1.29 is 19.0 Å². The first-order valence-corrected chi connectivity index (χ1v) is 7.59. The number of aliphatic hydroxyl groups is 1. The molecule has 1 aromatic carbocycles. The van der Waals surface area contributed by atoms with Crippen molar-refractivity contribution in [1.29, 1.82) is 0 Å². The van der Waals surface area contributed by atoms with Crippen molar-refractivity contribution in [2.24, 2.45) is 5.92 Å². The van der Waals surface area contributed by atoms with Gasteiger partial charge >= 0.3 is 6.09 Å². The Bertz CT molecular complexity index is 512. The summed E-state index contributed by atoms with van der Waals surface area (Å²) in [5.74, 6) is -0.349. The smallest absolute Gasteiger partial charge is 0.410 e. The van der Waals surface area contributed by atoms with Crippen molar-refractivity contribution in [1.82, 2.24) is 4.90 Å². The number of hydrogen-bond donors (Lipinski definition) is 1. The summed E-state index contributed by atoms with van der Waals surface area (Å²) in [5.41, 5.74) is 0.337. The first-order chi connectivity index (χ1) is 10.2. The molecule has 1 aromatic rings. The molecule has 1 aliphatic rings. The minimum absolute atomic E-state index is 0.0572. The summed E-state index contributed by atoms with van der Waals surface area (Å²) in [7, 11) is 0. The van der Waals surface area contributed by atoms with Crippen molar-refractivity contribution in [2.75, 3.05) is 13.1 Å². The third-order valence-corrected chi connectivity index (χ3v) is 3.85. The van der Waals surface area contributed by atoms with Crippen molar-refractivity contribution in [2.45, 2.75) is 45.3 Å². The van der Waals surface area contributed by atoms with E-state index in [0.29, 0.717) is 6.54 Å². The second-order valence-electron chi connectivity index (χ2n) is 7.01. The second kappa shape index (κ2) is 6.24. The Morgan fingerprint density at radius 1 is 1.27 bits per heavy atom. The lowest BCUT2D eigenvalue weighted by molar-refractivity contribution is -0.0137. The van der Waals surface area contributed by atoms with Gasteiger partial charge in [0.25, 0.3) is 0 Å². The van der Waals surface area contributed by atoms with Gasteiger partial charge in [-0.25, -0.2) is 9.18 Å². The highest BCUT2D eigenvalue weighted by Crippen LogP contribution is 2.33. The molecular formula is C17H24FNO3. The van der Waals surface area contributed by atoms with E-state index >= 15 is 0 Å². The molecule has 0 spiro atoms. The van der Waals surface area contributed by atoms with Gasteiger partial charge in [0.15, 0.2) is 0 Å². The van der Waals surface area contributed by atoms with Crippen LogP contribution in [0.2, 0.25) is 0 Å². The average Bonchev–Trinajstić information content (AvgIpc) is 2.38. The number of ether oxygens (including phenoxy) is 1. The first-order valence-electron chi connectivity index (χ1n) is 7.59. The normalized spacial score (nSPS) is 25.9. The lowest BCUT2D eigenvalue weighted by atomic mass is 9.80. The van der Waals surface area contributed by atoms with Gasteiger partial charge in [0.05, 0.1) is 12.6 Å². The molecule has 0 bridgehead atoms. The third kappa shape index (κ3) is 3.97. The fourth-order valence-corrected chi connectivity index (χ4v) is 2.97. The highest BCUT2D eigenvalue weighted by atomic mass is 19.1. The molecule has 1 fully saturated rings. The van der Waals surface area contributed by atoms with Crippen LogP contribution in [-0.2, 0) is 4.74 Å². The summed E-state index contributed by atoms with van der Waals surface area (Å²) in [6.07, 6.45) is -1.10. The van der Waals surface area contributed by atoms with Gasteiger partial charge in [0.2, 0.25) is 0 Å². The fraction of sp³-hybridized carbons (Fsp3) is 0.588. The van der Waals surface area contributed by atoms with E-state index in [1.54, 1.807) is 17.0 Å². The monoisotopic (exact) mass is 309 g/mol. The van der Waals surface area contributed by atoms with E-state index in [0.717, 1.165) is 5.56 Å². The van der Waals surface area contributed by atoms with Crippen LogP contribution in [0.25, 0.3) is 0 Å². The SMILES string of the molecule is CC1CN(C(=O)OC(C)(C)C)CC(O)C1c1ccc(F)cc1. The molecule has 3 atom stereocenters. The van der Waals surface area contributed by atoms with E-state index < -0.39 is 17.8 Å². The molecular weight excluding hydrogens is 285 g/mol. The Morgan fingerprint density at radius 3 is 2.36 bits per heavy atom. The highest BCUT2D eigenvalue weighted by molar-refractivity contribution is 5.68. The van der Waals surface area contributed by atoms with E-state index in [4.69, 9.17) is 4.74 Å². The van der Waals surface area contributed by atoms with Crippen LogP contribution >= 0.6 is 0 Å². The van der Waals surface area contributed by atoms with Crippen LogP contribution < -0.4 is 0 Å². The molecule has 0 saturated carbocycles. The Morgan fingerprint density at radius 2 is 1.86 bits per heavy atom. The lowest BCUT2D eigenvalue weighted by Gasteiger charge is -2.41. The number of carbonyl (C=O) groups excluding carboxylic acids is 1. The summed E-state index contributed by atoms with van der Waals surface area (Å²) in [6, 6.07) is 6.19. The van der Waals surface area contributed by atoms with E-state index in [1.807, 2.05) is 27.7 Å². The fourth-order valence-electron chi connectivity index (χ4n) is 2.97. The van der Waals surface area contributed by atoms with Crippen molar-refractivity contribution in [3.05, 3.63) is 35.6 Å². The number of β-amino-alcohol motifs (C(OH)–C–C–N with tert-alkyl or cyclic N) is 1. The predicted molar refractivity (Wildman–Crippen MR) is 82.1 cm³/mol. The minimum Gasteiger partial charge on any atom is -0.444 e. The molecule has 0 aliphatic carbocycles. The predicted octanol–water partition coefficient (Wildman–Crippen LogP) is 3.16. The van der Waals surface area contributed by atoms with Gasteiger partial charge in [0.1, 0.15) is 11.4 Å². The number of piperidine rings is 1. The molecule has 2 rings (SSSR count). The van der Waals surface area contributed by atoms with Crippen LogP contribution in [0.4, 0.5) is 9.18 Å². The van der Waals surface area contributed by atoms with Gasteiger partial charge in [-0.05, 0) is 44.4 Å². The average molecular weight is 309 g/mol. The second-order valence-corrected chi connectivity index (χ2v) is 7.01. The van der Waals surface area contributed by atoms with E-state index in [-0.39, 0.29) is 24.2 Å². The van der Waals surface area contributed by atoms with Crippen LogP contribution in [0.1, 0.15) is 39.2 Å². The number of hydrogen-bond acceptors (Lipinski definition) is 3. The molecule has 1 N–H and O–H groups in total. The van der Waals surface area contributed by atoms with Gasteiger partial charge < -0.3 is 14.7 Å². The van der Waals surface area contributed by atoms with E-state index in [9.17, 15) is 14.3 Å². The van der Waals surface area contributed by atoms with Crippen LogP contribution in [0.3, 0.4) is 0 Å². The quantitative estimate of drug-likeness (QED) is 0.867. The van der Waals surface area contributed by atoms with Gasteiger partial charge in [-0.3, -0.25) is 0 Å². The zero-order valence-corrected chi connectivity index (χ0v) is 13.5. The molecule has 5 heteroatoms. The number of halogens is 1. The summed E-state index contributed by atoms with van der Waals surface area (Å²) < 4.78 is 18.4. The van der Waals surface area contributed by atoms with Crippen molar-refractivity contribution >= 4 is 6.09 Å². The van der Waals surface area contributed by atoms with Gasteiger partial charge in [0, 0.05) is 12.5 Å². The molecule has 1 aliphatic heterocycles. The molecule has 4 nitrogen and oxygen atoms in total. The Kier molecular flexibility index (Phi) is 4.75. The summed E-state index contributed by atoms with van der Waals surface area (Å²) in [6.45, 7) is 8.16. The molecule has 1 amide bonds. The van der Waals surface area contributed by atoms with E-state index in [1.165, 1.54) is 12.1 Å². The van der Waals surface area contributed by atoms with Gasteiger partial charge in [-0.2, -0.15) is 0 Å². The Hall–Kier alpha value is -1.62. The molecule has 1 saturated heterocycles. The zero-order valence-electron chi connectivity index (χ0n) is 13.5.